The summed E-state index contributed by atoms with van der Waals surface area (Å²) >= 11 is 0. The number of aromatic amines is 1. The molecule has 0 atom stereocenters. The highest BCUT2D eigenvalue weighted by Gasteiger charge is 2.22. The number of amides is 1. The van der Waals surface area contributed by atoms with E-state index in [1.165, 1.54) is 23.9 Å². The number of hydrazone groups is 1. The van der Waals surface area contributed by atoms with Gasteiger partial charge < -0.3 is 23.7 Å². The standard InChI is InChI=1S/C28H34N4O8/c1-7-38-22-14-18(15-23(39-8-2)26(22)40-9-3)27(34)30-29-17(4)25-21(16-24(33)37-6)31-32(28(25)35)19-10-12-20(36-5)13-11-19/h10-15,31H,7-9,16H2,1-6H3,(H,30,34). The third kappa shape index (κ3) is 6.82. The molecule has 40 heavy (non-hydrogen) atoms. The number of benzene rings is 2. The van der Waals surface area contributed by atoms with Crippen LogP contribution in [0.5, 0.6) is 23.0 Å². The van der Waals surface area contributed by atoms with Crippen molar-refractivity contribution in [3.8, 4) is 28.7 Å². The van der Waals surface area contributed by atoms with E-state index in [0.29, 0.717) is 48.5 Å². The first-order chi connectivity index (χ1) is 19.3. The molecule has 1 amide bonds. The van der Waals surface area contributed by atoms with Crippen molar-refractivity contribution in [3.05, 3.63) is 63.6 Å². The van der Waals surface area contributed by atoms with Gasteiger partial charge in [0.05, 0.1) is 63.1 Å². The van der Waals surface area contributed by atoms with Crippen molar-refractivity contribution in [2.24, 2.45) is 5.10 Å². The first kappa shape index (κ1) is 29.8. The number of aromatic nitrogens is 2. The molecule has 1 heterocycles. The van der Waals surface area contributed by atoms with E-state index < -0.39 is 17.4 Å². The van der Waals surface area contributed by atoms with E-state index in [1.807, 2.05) is 20.8 Å². The Bertz CT molecular complexity index is 1400. The average molecular weight is 555 g/mol. The normalized spacial score (nSPS) is 11.1. The lowest BCUT2D eigenvalue weighted by Gasteiger charge is -2.16. The number of rotatable bonds is 13. The third-order valence-corrected chi connectivity index (χ3v) is 5.70. The van der Waals surface area contributed by atoms with Gasteiger partial charge in [0.2, 0.25) is 5.75 Å². The van der Waals surface area contributed by atoms with Gasteiger partial charge >= 0.3 is 5.97 Å². The van der Waals surface area contributed by atoms with Crippen LogP contribution in [0.25, 0.3) is 5.69 Å². The lowest BCUT2D eigenvalue weighted by atomic mass is 10.1. The molecular formula is C28H34N4O8. The largest absolute Gasteiger partial charge is 0.497 e. The monoisotopic (exact) mass is 554 g/mol. The highest BCUT2D eigenvalue weighted by molar-refractivity contribution is 6.02. The maximum Gasteiger partial charge on any atom is 0.311 e. The number of methoxy groups -OCH3 is 2. The molecule has 1 aromatic heterocycles. The zero-order chi connectivity index (χ0) is 29.2. The molecule has 12 heteroatoms. The predicted octanol–water partition coefficient (Wildman–Crippen LogP) is 3.24. The lowest BCUT2D eigenvalue weighted by molar-refractivity contribution is -0.139. The van der Waals surface area contributed by atoms with Crippen LogP contribution in [0, 0.1) is 0 Å². The van der Waals surface area contributed by atoms with Crippen molar-refractivity contribution in [1.82, 2.24) is 15.2 Å². The van der Waals surface area contributed by atoms with Crippen molar-refractivity contribution in [2.45, 2.75) is 34.1 Å². The molecule has 0 spiro atoms. The third-order valence-electron chi connectivity index (χ3n) is 5.70. The number of nitrogens with one attached hydrogen (secondary N) is 2. The minimum Gasteiger partial charge on any atom is -0.497 e. The van der Waals surface area contributed by atoms with Crippen LogP contribution >= 0.6 is 0 Å². The van der Waals surface area contributed by atoms with Gasteiger partial charge in [-0.2, -0.15) is 5.10 Å². The Morgan fingerprint density at radius 2 is 1.55 bits per heavy atom. The van der Waals surface area contributed by atoms with Gasteiger partial charge in [-0.05, 0) is 64.1 Å². The van der Waals surface area contributed by atoms with Gasteiger partial charge in [-0.1, -0.05) is 0 Å². The van der Waals surface area contributed by atoms with Crippen molar-refractivity contribution < 1.29 is 33.3 Å². The molecule has 0 saturated heterocycles. The Balaban J connectivity index is 1.98. The Labute approximate surface area is 231 Å². The summed E-state index contributed by atoms with van der Waals surface area (Å²) in [5.41, 5.74) is 3.33. The highest BCUT2D eigenvalue weighted by atomic mass is 16.5. The van der Waals surface area contributed by atoms with Crippen LogP contribution in [0.1, 0.15) is 49.3 Å². The predicted molar refractivity (Wildman–Crippen MR) is 148 cm³/mol. The second-order valence-electron chi connectivity index (χ2n) is 8.30. The smallest absolute Gasteiger partial charge is 0.311 e. The first-order valence-corrected chi connectivity index (χ1v) is 12.7. The molecule has 0 aliphatic carbocycles. The summed E-state index contributed by atoms with van der Waals surface area (Å²) in [6.45, 7) is 8.11. The molecule has 214 valence electrons. The topological polar surface area (TPSA) is 142 Å². The van der Waals surface area contributed by atoms with E-state index in [2.05, 4.69) is 15.6 Å². The Morgan fingerprint density at radius 1 is 0.950 bits per heavy atom. The van der Waals surface area contributed by atoms with Gasteiger partial charge in [-0.3, -0.25) is 19.5 Å². The maximum absolute atomic E-state index is 13.4. The number of hydrogen-bond acceptors (Lipinski definition) is 9. The molecule has 0 aliphatic rings. The summed E-state index contributed by atoms with van der Waals surface area (Å²) in [4.78, 5) is 38.6. The average Bonchev–Trinajstić information content (AvgIpc) is 3.28. The number of H-pyrrole nitrogens is 1. The SMILES string of the molecule is CCOc1cc(C(=O)NN=C(C)c2c(CC(=O)OC)[nH]n(-c3ccc(OC)cc3)c2=O)cc(OCC)c1OCC. The first-order valence-electron chi connectivity index (χ1n) is 12.7. The summed E-state index contributed by atoms with van der Waals surface area (Å²) in [6.07, 6.45) is -0.209. The quantitative estimate of drug-likeness (QED) is 0.186. The van der Waals surface area contributed by atoms with Gasteiger partial charge in [0.25, 0.3) is 11.5 Å². The minimum absolute atomic E-state index is 0.123. The van der Waals surface area contributed by atoms with Gasteiger partial charge in [-0.15, -0.1) is 0 Å². The molecule has 0 aliphatic heterocycles. The zero-order valence-corrected chi connectivity index (χ0v) is 23.5. The number of carbonyl (C=O) groups is 2. The highest BCUT2D eigenvalue weighted by Crippen LogP contribution is 2.39. The van der Waals surface area contributed by atoms with Crippen LogP contribution in [0.15, 0.2) is 46.3 Å². The van der Waals surface area contributed by atoms with Crippen molar-refractivity contribution in [3.63, 3.8) is 0 Å². The zero-order valence-electron chi connectivity index (χ0n) is 23.5. The fraction of sp³-hybridized carbons (Fsp3) is 0.357. The van der Waals surface area contributed by atoms with Crippen LogP contribution < -0.4 is 29.9 Å². The van der Waals surface area contributed by atoms with Crippen LogP contribution in [-0.2, 0) is 16.0 Å². The van der Waals surface area contributed by atoms with Crippen LogP contribution in [0.4, 0.5) is 0 Å². The molecule has 0 unspecified atom stereocenters. The van der Waals surface area contributed by atoms with Crippen molar-refractivity contribution in [1.29, 1.82) is 0 Å². The Kier molecular flexibility index (Phi) is 10.3. The molecule has 0 bridgehead atoms. The van der Waals surface area contributed by atoms with Gasteiger partial charge in [0.15, 0.2) is 11.5 Å². The lowest BCUT2D eigenvalue weighted by Crippen LogP contribution is -2.24. The fourth-order valence-corrected chi connectivity index (χ4v) is 3.89. The molecule has 0 saturated carbocycles. The number of carbonyl (C=O) groups excluding carboxylic acids is 2. The summed E-state index contributed by atoms with van der Waals surface area (Å²) < 4.78 is 28.3. The Morgan fingerprint density at radius 3 is 2.08 bits per heavy atom. The van der Waals surface area contributed by atoms with E-state index in [4.69, 9.17) is 23.7 Å². The van der Waals surface area contributed by atoms with Gasteiger partial charge in [-0.25, -0.2) is 10.1 Å². The van der Waals surface area contributed by atoms with Crippen LogP contribution in [0.2, 0.25) is 0 Å². The van der Waals surface area contributed by atoms with Gasteiger partial charge in [0.1, 0.15) is 5.75 Å². The van der Waals surface area contributed by atoms with Crippen LogP contribution in [-0.4, -0.2) is 61.4 Å². The van der Waals surface area contributed by atoms with Crippen molar-refractivity contribution in [2.75, 3.05) is 34.0 Å². The number of ether oxygens (including phenoxy) is 5. The molecule has 3 aromatic rings. The summed E-state index contributed by atoms with van der Waals surface area (Å²) in [5, 5.41) is 7.12. The molecule has 0 fully saturated rings. The van der Waals surface area contributed by atoms with Crippen molar-refractivity contribution >= 4 is 17.6 Å². The maximum atomic E-state index is 13.4. The second-order valence-corrected chi connectivity index (χ2v) is 8.30. The van der Waals surface area contributed by atoms with E-state index in [1.54, 1.807) is 38.3 Å². The number of hydrogen-bond donors (Lipinski definition) is 2. The second kappa shape index (κ2) is 13.9. The van der Waals surface area contributed by atoms with E-state index >= 15 is 0 Å². The molecule has 3 rings (SSSR count). The van der Waals surface area contributed by atoms with E-state index in [-0.39, 0.29) is 29.0 Å². The molecular weight excluding hydrogens is 520 g/mol. The Hall–Kier alpha value is -4.74. The van der Waals surface area contributed by atoms with Gasteiger partial charge in [0, 0.05) is 5.56 Å². The summed E-state index contributed by atoms with van der Waals surface area (Å²) in [5.74, 6) is 0.616. The molecule has 12 nitrogen and oxygen atoms in total. The van der Waals surface area contributed by atoms with E-state index in [9.17, 15) is 14.4 Å². The fourth-order valence-electron chi connectivity index (χ4n) is 3.89. The molecule has 2 aromatic carbocycles. The summed E-state index contributed by atoms with van der Waals surface area (Å²) in [6, 6.07) is 9.85. The number of esters is 1. The summed E-state index contributed by atoms with van der Waals surface area (Å²) in [7, 11) is 2.80. The molecule has 0 radical (unpaired) electrons. The molecule has 2 N–H and O–H groups in total. The van der Waals surface area contributed by atoms with E-state index in [0.717, 1.165) is 0 Å². The minimum atomic E-state index is -0.565. The van der Waals surface area contributed by atoms with Crippen LogP contribution in [0.3, 0.4) is 0 Å². The number of nitrogens with zero attached hydrogens (tertiary/aromatic N) is 2.